The number of aromatic nitrogens is 3. The highest BCUT2D eigenvalue weighted by molar-refractivity contribution is 5.92. The molecule has 2 aliphatic heterocycles. The number of fused-ring (bicyclic) bond motifs is 1. The maximum atomic E-state index is 12.6. The molecule has 0 aliphatic carbocycles. The van der Waals surface area contributed by atoms with Crippen molar-refractivity contribution in [1.82, 2.24) is 20.1 Å². The van der Waals surface area contributed by atoms with Gasteiger partial charge in [0.25, 0.3) is 0 Å². The highest BCUT2D eigenvalue weighted by Gasteiger charge is 2.32. The minimum atomic E-state index is -0.362. The lowest BCUT2D eigenvalue weighted by Gasteiger charge is -2.35. The van der Waals surface area contributed by atoms with Crippen LogP contribution in [0.2, 0.25) is 0 Å². The number of piperidine rings is 1. The molecule has 34 heavy (non-hydrogen) atoms. The molecule has 178 valence electrons. The van der Waals surface area contributed by atoms with Gasteiger partial charge < -0.3 is 14.8 Å². The molecule has 1 fully saturated rings. The van der Waals surface area contributed by atoms with Gasteiger partial charge in [0.05, 0.1) is 25.0 Å². The number of nitrogens with zero attached hydrogens (tertiary/aromatic N) is 4. The molecule has 0 saturated carbocycles. The number of carbonyl (C=O) groups is 1. The van der Waals surface area contributed by atoms with Gasteiger partial charge in [-0.05, 0) is 70.8 Å². The van der Waals surface area contributed by atoms with E-state index in [0.717, 1.165) is 72.6 Å². The molecule has 0 bridgehead atoms. The molecule has 8 heteroatoms. The van der Waals surface area contributed by atoms with E-state index in [4.69, 9.17) is 14.6 Å². The van der Waals surface area contributed by atoms with Crippen molar-refractivity contribution in [3.8, 4) is 22.8 Å². The van der Waals surface area contributed by atoms with Gasteiger partial charge in [0, 0.05) is 40.7 Å². The van der Waals surface area contributed by atoms with Gasteiger partial charge in [-0.15, -0.1) is 0 Å². The minimum absolute atomic E-state index is 0.0402. The Morgan fingerprint density at radius 1 is 1.15 bits per heavy atom. The zero-order valence-electron chi connectivity index (χ0n) is 20.0. The third kappa shape index (κ3) is 4.25. The number of anilines is 1. The van der Waals surface area contributed by atoms with Crippen molar-refractivity contribution in [1.29, 1.82) is 0 Å². The van der Waals surface area contributed by atoms with Crippen LogP contribution in [-0.2, 0) is 11.2 Å². The van der Waals surface area contributed by atoms with Crippen molar-refractivity contribution in [2.24, 2.45) is 0 Å². The van der Waals surface area contributed by atoms with Crippen molar-refractivity contribution in [3.63, 3.8) is 0 Å². The second-order valence-electron chi connectivity index (χ2n) is 9.08. The summed E-state index contributed by atoms with van der Waals surface area (Å²) in [6.45, 7) is 6.00. The van der Waals surface area contributed by atoms with Crippen LogP contribution in [0.1, 0.15) is 43.5 Å². The number of pyridine rings is 1. The van der Waals surface area contributed by atoms with Gasteiger partial charge in [0.15, 0.2) is 0 Å². The summed E-state index contributed by atoms with van der Waals surface area (Å²) in [6.07, 6.45) is 7.39. The van der Waals surface area contributed by atoms with E-state index in [1.54, 1.807) is 4.90 Å². The second kappa shape index (κ2) is 9.46. The summed E-state index contributed by atoms with van der Waals surface area (Å²) in [5, 5.41) is 8.10. The Morgan fingerprint density at radius 2 is 1.97 bits per heavy atom. The summed E-state index contributed by atoms with van der Waals surface area (Å²) in [7, 11) is 1.42. The van der Waals surface area contributed by atoms with E-state index in [1.165, 1.54) is 7.11 Å². The Labute approximate surface area is 199 Å². The first-order chi connectivity index (χ1) is 16.5. The Morgan fingerprint density at radius 3 is 2.74 bits per heavy atom. The standard InChI is InChI=1S/C26H31N5O3/c1-17-5-4-6-24(29-17)34-25-21(19-15-28-30(16-19)20-11-13-27-14-12-20)9-10-23-22(25)8-7-18(2)31(23)26(32)33-3/h4-6,9-10,15-16,18,20,27H,7-8,11-14H2,1-3H3. The number of methoxy groups -OCH3 is 1. The molecule has 2 aliphatic rings. The molecule has 5 rings (SSSR count). The molecular weight excluding hydrogens is 430 g/mol. The van der Waals surface area contributed by atoms with Crippen LogP contribution in [0.4, 0.5) is 10.5 Å². The van der Waals surface area contributed by atoms with Crippen LogP contribution in [-0.4, -0.2) is 47.1 Å². The molecule has 1 atom stereocenters. The topological polar surface area (TPSA) is 81.5 Å². The number of ether oxygens (including phenoxy) is 2. The van der Waals surface area contributed by atoms with Crippen LogP contribution in [0.3, 0.4) is 0 Å². The Bertz CT molecular complexity index is 1180. The Balaban J connectivity index is 1.60. The van der Waals surface area contributed by atoms with Gasteiger partial charge in [-0.25, -0.2) is 9.78 Å². The molecule has 4 heterocycles. The number of nitrogens with one attached hydrogen (secondary N) is 1. The average molecular weight is 462 g/mol. The van der Waals surface area contributed by atoms with Crippen LogP contribution < -0.4 is 15.0 Å². The van der Waals surface area contributed by atoms with Gasteiger partial charge in [0.1, 0.15) is 5.75 Å². The lowest BCUT2D eigenvalue weighted by atomic mass is 9.92. The minimum Gasteiger partial charge on any atom is -0.452 e. The van der Waals surface area contributed by atoms with Gasteiger partial charge in [0.2, 0.25) is 5.88 Å². The Kier molecular flexibility index (Phi) is 6.24. The van der Waals surface area contributed by atoms with E-state index in [0.29, 0.717) is 11.9 Å². The van der Waals surface area contributed by atoms with Crippen molar-refractivity contribution < 1.29 is 14.3 Å². The molecule has 2 aromatic heterocycles. The van der Waals surface area contributed by atoms with Crippen molar-refractivity contribution in [2.75, 3.05) is 25.1 Å². The fourth-order valence-electron chi connectivity index (χ4n) is 4.95. The van der Waals surface area contributed by atoms with Crippen LogP contribution in [0, 0.1) is 6.92 Å². The van der Waals surface area contributed by atoms with Crippen molar-refractivity contribution in [3.05, 3.63) is 54.0 Å². The summed E-state index contributed by atoms with van der Waals surface area (Å²) >= 11 is 0. The molecule has 3 aromatic rings. The predicted molar refractivity (Wildman–Crippen MR) is 131 cm³/mol. The van der Waals surface area contributed by atoms with Gasteiger partial charge in [-0.1, -0.05) is 6.07 Å². The monoisotopic (exact) mass is 461 g/mol. The van der Waals surface area contributed by atoms with Crippen LogP contribution >= 0.6 is 0 Å². The maximum Gasteiger partial charge on any atom is 0.414 e. The van der Waals surface area contributed by atoms with Crippen molar-refractivity contribution >= 4 is 11.8 Å². The van der Waals surface area contributed by atoms with Gasteiger partial charge >= 0.3 is 6.09 Å². The summed E-state index contributed by atoms with van der Waals surface area (Å²) in [5.41, 5.74) is 4.63. The van der Waals surface area contributed by atoms with E-state index < -0.39 is 0 Å². The summed E-state index contributed by atoms with van der Waals surface area (Å²) < 4.78 is 13.6. The molecule has 1 unspecified atom stereocenters. The van der Waals surface area contributed by atoms with Crippen LogP contribution in [0.15, 0.2) is 42.7 Å². The number of hydrogen-bond donors (Lipinski definition) is 1. The smallest absolute Gasteiger partial charge is 0.414 e. The number of carbonyl (C=O) groups excluding carboxylic acids is 1. The quantitative estimate of drug-likeness (QED) is 0.597. The summed E-state index contributed by atoms with van der Waals surface area (Å²) in [6, 6.07) is 10.2. The molecule has 1 amide bonds. The van der Waals surface area contributed by atoms with Crippen LogP contribution in [0.5, 0.6) is 11.6 Å². The molecule has 1 saturated heterocycles. The lowest BCUT2D eigenvalue weighted by molar-refractivity contribution is 0.175. The zero-order valence-corrected chi connectivity index (χ0v) is 20.0. The molecule has 8 nitrogen and oxygen atoms in total. The molecule has 1 aromatic carbocycles. The van der Waals surface area contributed by atoms with E-state index in [1.807, 2.05) is 50.4 Å². The third-order valence-electron chi connectivity index (χ3n) is 6.78. The SMILES string of the molecule is COC(=O)N1c2ccc(-c3cnn(C4CCNCC4)c3)c(Oc3cccc(C)n3)c2CCC1C. The zero-order chi connectivity index (χ0) is 23.7. The number of aryl methyl sites for hydroxylation is 1. The first kappa shape index (κ1) is 22.4. The molecule has 1 N–H and O–H groups in total. The fourth-order valence-corrected chi connectivity index (χ4v) is 4.95. The fraction of sp³-hybridized carbons (Fsp3) is 0.423. The number of hydrogen-bond acceptors (Lipinski definition) is 6. The third-order valence-corrected chi connectivity index (χ3v) is 6.78. The molecular formula is C26H31N5O3. The second-order valence-corrected chi connectivity index (χ2v) is 9.08. The maximum absolute atomic E-state index is 12.6. The first-order valence-electron chi connectivity index (χ1n) is 11.9. The molecule has 0 radical (unpaired) electrons. The number of amides is 1. The molecule has 0 spiro atoms. The Hall–Kier alpha value is -3.39. The average Bonchev–Trinajstić information content (AvgIpc) is 3.34. The summed E-state index contributed by atoms with van der Waals surface area (Å²) in [5.74, 6) is 1.25. The van der Waals surface area contributed by atoms with Gasteiger partial charge in [-0.3, -0.25) is 9.58 Å². The van der Waals surface area contributed by atoms with E-state index in [2.05, 4.69) is 21.2 Å². The first-order valence-corrected chi connectivity index (χ1v) is 11.9. The normalized spacial score (nSPS) is 18.4. The number of benzene rings is 1. The number of rotatable bonds is 4. The van der Waals surface area contributed by atoms with E-state index in [-0.39, 0.29) is 12.1 Å². The highest BCUT2D eigenvalue weighted by atomic mass is 16.5. The largest absolute Gasteiger partial charge is 0.452 e. The predicted octanol–water partition coefficient (Wildman–Crippen LogP) is 4.88. The van der Waals surface area contributed by atoms with Crippen LogP contribution in [0.25, 0.3) is 11.1 Å². The van der Waals surface area contributed by atoms with Crippen molar-refractivity contribution in [2.45, 2.75) is 51.6 Å². The van der Waals surface area contributed by atoms with E-state index in [9.17, 15) is 4.79 Å². The lowest BCUT2D eigenvalue weighted by Crippen LogP contribution is -2.42. The van der Waals surface area contributed by atoms with E-state index >= 15 is 0 Å². The summed E-state index contributed by atoms with van der Waals surface area (Å²) in [4.78, 5) is 18.9. The highest BCUT2D eigenvalue weighted by Crippen LogP contribution is 2.44. The van der Waals surface area contributed by atoms with Gasteiger partial charge in [-0.2, -0.15) is 5.10 Å².